The Morgan fingerprint density at radius 2 is 1.78 bits per heavy atom. The second kappa shape index (κ2) is 9.53. The molecule has 1 amide bonds. The van der Waals surface area contributed by atoms with Gasteiger partial charge in [-0.3, -0.25) is 4.79 Å². The van der Waals surface area contributed by atoms with Crippen molar-refractivity contribution in [3.05, 3.63) is 64.4 Å². The first-order valence-corrected chi connectivity index (χ1v) is 11.1. The molecule has 1 aliphatic heterocycles. The molecule has 32 heavy (non-hydrogen) atoms. The highest BCUT2D eigenvalue weighted by atomic mass is 35.5. The van der Waals surface area contributed by atoms with Crippen molar-refractivity contribution < 1.29 is 4.79 Å². The molecular weight excluding hydrogens is 424 g/mol. The summed E-state index contributed by atoms with van der Waals surface area (Å²) >= 11 is 6.02. The molecule has 2 aromatic carbocycles. The number of halogens is 1. The van der Waals surface area contributed by atoms with Gasteiger partial charge in [0.1, 0.15) is 6.33 Å². The average Bonchev–Trinajstić information content (AvgIpc) is 2.79. The Kier molecular flexibility index (Phi) is 6.55. The number of nitrogens with one attached hydrogen (secondary N) is 2. The molecule has 3 aromatic rings. The van der Waals surface area contributed by atoms with Crippen LogP contribution in [0.3, 0.4) is 0 Å². The minimum Gasteiger partial charge on any atom is -0.341 e. The summed E-state index contributed by atoms with van der Waals surface area (Å²) < 4.78 is 0. The van der Waals surface area contributed by atoms with Gasteiger partial charge < -0.3 is 15.5 Å². The van der Waals surface area contributed by atoms with Gasteiger partial charge in [-0.1, -0.05) is 29.8 Å². The van der Waals surface area contributed by atoms with E-state index in [-0.39, 0.29) is 5.91 Å². The molecule has 0 aliphatic carbocycles. The van der Waals surface area contributed by atoms with Crippen molar-refractivity contribution in [2.75, 3.05) is 28.6 Å². The van der Waals surface area contributed by atoms with E-state index in [1.807, 2.05) is 38.1 Å². The number of amides is 1. The van der Waals surface area contributed by atoms with E-state index in [4.69, 9.17) is 11.6 Å². The van der Waals surface area contributed by atoms with Crippen LogP contribution >= 0.6 is 11.6 Å². The zero-order valence-corrected chi connectivity index (χ0v) is 19.3. The van der Waals surface area contributed by atoms with Gasteiger partial charge in [0.15, 0.2) is 0 Å². The van der Waals surface area contributed by atoms with Gasteiger partial charge in [0.2, 0.25) is 17.8 Å². The Morgan fingerprint density at radius 1 is 1.06 bits per heavy atom. The number of benzene rings is 2. The quantitative estimate of drug-likeness (QED) is 0.554. The Morgan fingerprint density at radius 3 is 2.47 bits per heavy atom. The van der Waals surface area contributed by atoms with Crippen LogP contribution in [0.15, 0.2) is 42.7 Å². The maximum Gasteiger partial charge on any atom is 0.232 e. The molecule has 0 atom stereocenters. The second-order valence-corrected chi connectivity index (χ2v) is 8.59. The number of nitrogens with zero attached hydrogens (tertiary/aromatic N) is 4. The molecule has 1 aromatic heterocycles. The SMILES string of the molecule is CC(=O)Nc1c(C)ccc(Nc2ncnc(N3CCC(c4ccc(Cl)cc4)CC3)n2)c1C. The van der Waals surface area contributed by atoms with Crippen LogP contribution in [0.5, 0.6) is 0 Å². The smallest absolute Gasteiger partial charge is 0.232 e. The summed E-state index contributed by atoms with van der Waals surface area (Å²) in [4.78, 5) is 27.1. The summed E-state index contributed by atoms with van der Waals surface area (Å²) in [6.45, 7) is 7.20. The fourth-order valence-corrected chi connectivity index (χ4v) is 4.25. The molecule has 0 bridgehead atoms. The van der Waals surface area contributed by atoms with E-state index in [0.29, 0.717) is 17.8 Å². The highest BCUT2D eigenvalue weighted by Crippen LogP contribution is 2.31. The number of piperidine rings is 1. The summed E-state index contributed by atoms with van der Waals surface area (Å²) in [5.74, 6) is 1.57. The van der Waals surface area contributed by atoms with E-state index in [9.17, 15) is 4.79 Å². The van der Waals surface area contributed by atoms with Crippen LogP contribution in [-0.2, 0) is 4.79 Å². The molecule has 1 aliphatic rings. The molecule has 1 fully saturated rings. The fourth-order valence-electron chi connectivity index (χ4n) is 4.12. The zero-order valence-electron chi connectivity index (χ0n) is 18.5. The van der Waals surface area contributed by atoms with Crippen molar-refractivity contribution in [1.29, 1.82) is 0 Å². The number of anilines is 4. The van der Waals surface area contributed by atoms with Crippen LogP contribution in [0.25, 0.3) is 0 Å². The molecule has 1 saturated heterocycles. The van der Waals surface area contributed by atoms with E-state index < -0.39 is 0 Å². The minimum atomic E-state index is -0.0993. The van der Waals surface area contributed by atoms with Gasteiger partial charge in [0, 0.05) is 36.4 Å². The number of hydrogen-bond acceptors (Lipinski definition) is 6. The Labute approximate surface area is 193 Å². The van der Waals surface area contributed by atoms with Crippen molar-refractivity contribution in [1.82, 2.24) is 15.0 Å². The first-order chi connectivity index (χ1) is 15.4. The summed E-state index contributed by atoms with van der Waals surface area (Å²) in [7, 11) is 0. The van der Waals surface area contributed by atoms with E-state index in [1.165, 1.54) is 18.8 Å². The second-order valence-electron chi connectivity index (χ2n) is 8.16. The lowest BCUT2D eigenvalue weighted by Crippen LogP contribution is -2.34. The topological polar surface area (TPSA) is 83.0 Å². The lowest BCUT2D eigenvalue weighted by Gasteiger charge is -2.32. The lowest BCUT2D eigenvalue weighted by molar-refractivity contribution is -0.114. The molecule has 166 valence electrons. The van der Waals surface area contributed by atoms with Crippen molar-refractivity contribution in [2.24, 2.45) is 0 Å². The van der Waals surface area contributed by atoms with E-state index in [2.05, 4.69) is 42.6 Å². The van der Waals surface area contributed by atoms with Crippen LogP contribution in [0.4, 0.5) is 23.3 Å². The molecule has 4 rings (SSSR count). The monoisotopic (exact) mass is 450 g/mol. The van der Waals surface area contributed by atoms with Gasteiger partial charge in [0.05, 0.1) is 0 Å². The summed E-state index contributed by atoms with van der Waals surface area (Å²) in [5, 5.41) is 6.95. The first-order valence-electron chi connectivity index (χ1n) is 10.7. The molecule has 2 N–H and O–H groups in total. The van der Waals surface area contributed by atoms with E-state index >= 15 is 0 Å². The Balaban J connectivity index is 1.46. The zero-order chi connectivity index (χ0) is 22.7. The van der Waals surface area contributed by atoms with E-state index in [1.54, 1.807) is 0 Å². The lowest BCUT2D eigenvalue weighted by atomic mass is 9.90. The number of rotatable bonds is 5. The summed E-state index contributed by atoms with van der Waals surface area (Å²) in [6, 6.07) is 12.1. The summed E-state index contributed by atoms with van der Waals surface area (Å²) in [6.07, 6.45) is 3.61. The molecule has 8 heteroatoms. The molecule has 7 nitrogen and oxygen atoms in total. The largest absolute Gasteiger partial charge is 0.341 e. The number of carbonyl (C=O) groups is 1. The number of carbonyl (C=O) groups excluding carboxylic acids is 1. The summed E-state index contributed by atoms with van der Waals surface area (Å²) in [5.41, 5.74) is 4.92. The third-order valence-electron chi connectivity index (χ3n) is 5.90. The predicted octanol–water partition coefficient (Wildman–Crippen LogP) is 5.23. The highest BCUT2D eigenvalue weighted by Gasteiger charge is 2.22. The standard InChI is InChI=1S/C24H27ClN6O/c1-15-4-9-21(16(2)22(15)28-17(3)32)29-23-26-14-27-24(30-23)31-12-10-19(11-13-31)18-5-7-20(25)8-6-18/h4-9,14,19H,10-13H2,1-3H3,(H,28,32)(H,26,27,29,30). The number of aromatic nitrogens is 3. The Hall–Kier alpha value is -3.19. The minimum absolute atomic E-state index is 0.0993. The normalized spacial score (nSPS) is 14.3. The Bertz CT molecular complexity index is 1110. The molecule has 0 unspecified atom stereocenters. The number of hydrogen-bond donors (Lipinski definition) is 2. The molecule has 0 radical (unpaired) electrons. The number of aryl methyl sites for hydroxylation is 1. The van der Waals surface area contributed by atoms with Gasteiger partial charge >= 0.3 is 0 Å². The predicted molar refractivity (Wildman–Crippen MR) is 129 cm³/mol. The van der Waals surface area contributed by atoms with Crippen molar-refractivity contribution in [3.63, 3.8) is 0 Å². The maximum atomic E-state index is 11.6. The van der Waals surface area contributed by atoms with Crippen molar-refractivity contribution in [3.8, 4) is 0 Å². The van der Waals surface area contributed by atoms with E-state index in [0.717, 1.165) is 53.5 Å². The molecule has 0 saturated carbocycles. The van der Waals surface area contributed by atoms with Crippen LogP contribution < -0.4 is 15.5 Å². The van der Waals surface area contributed by atoms with Gasteiger partial charge in [0.25, 0.3) is 0 Å². The third kappa shape index (κ3) is 4.99. The third-order valence-corrected chi connectivity index (χ3v) is 6.15. The van der Waals surface area contributed by atoms with Crippen LogP contribution in [-0.4, -0.2) is 33.9 Å². The molecular formula is C24H27ClN6O. The maximum absolute atomic E-state index is 11.6. The van der Waals surface area contributed by atoms with Crippen LogP contribution in [0.1, 0.15) is 42.4 Å². The molecule has 2 heterocycles. The van der Waals surface area contributed by atoms with Crippen LogP contribution in [0, 0.1) is 13.8 Å². The van der Waals surface area contributed by atoms with Crippen molar-refractivity contribution in [2.45, 2.75) is 39.5 Å². The molecule has 0 spiro atoms. The van der Waals surface area contributed by atoms with Gasteiger partial charge in [-0.25, -0.2) is 9.97 Å². The van der Waals surface area contributed by atoms with Crippen molar-refractivity contribution >= 4 is 40.8 Å². The van der Waals surface area contributed by atoms with Gasteiger partial charge in [-0.2, -0.15) is 4.98 Å². The van der Waals surface area contributed by atoms with Crippen LogP contribution in [0.2, 0.25) is 5.02 Å². The highest BCUT2D eigenvalue weighted by molar-refractivity contribution is 6.30. The fraction of sp³-hybridized carbons (Fsp3) is 0.333. The average molecular weight is 451 g/mol. The first kappa shape index (κ1) is 22.0. The van der Waals surface area contributed by atoms with Gasteiger partial charge in [-0.05, 0) is 67.5 Å². The van der Waals surface area contributed by atoms with Gasteiger partial charge in [-0.15, -0.1) is 0 Å².